The van der Waals surface area contributed by atoms with Gasteiger partial charge in [0.1, 0.15) is 5.75 Å². The molecule has 3 aromatic carbocycles. The van der Waals surface area contributed by atoms with Gasteiger partial charge in [-0.3, -0.25) is 14.4 Å². The number of amides is 3. The van der Waals surface area contributed by atoms with Crippen LogP contribution in [0.3, 0.4) is 0 Å². The Hall–Kier alpha value is -3.64. The minimum absolute atomic E-state index is 0.211. The number of benzene rings is 3. The van der Waals surface area contributed by atoms with Gasteiger partial charge in [0.05, 0.1) is 34.1 Å². The summed E-state index contributed by atoms with van der Waals surface area (Å²) < 4.78 is 5.37. The second-order valence-electron chi connectivity index (χ2n) is 6.57. The maximum Gasteiger partial charge on any atom is 0.266 e. The average Bonchev–Trinajstić information content (AvgIpc) is 3.01. The highest BCUT2D eigenvalue weighted by Crippen LogP contribution is 2.33. The summed E-state index contributed by atoms with van der Waals surface area (Å²) in [7, 11) is 0. The molecule has 6 nitrogen and oxygen atoms in total. The number of halogens is 1. The van der Waals surface area contributed by atoms with Crippen LogP contribution in [-0.4, -0.2) is 24.3 Å². The lowest BCUT2D eigenvalue weighted by molar-refractivity contribution is 0.0924. The van der Waals surface area contributed by atoms with Crippen LogP contribution in [0.1, 0.15) is 38.0 Å². The Balaban J connectivity index is 1.53. The number of carbonyl (C=O) groups excluding carboxylic acids is 3. The van der Waals surface area contributed by atoms with E-state index in [1.807, 2.05) is 6.92 Å². The van der Waals surface area contributed by atoms with E-state index >= 15 is 0 Å². The number of carbonyl (C=O) groups is 3. The Morgan fingerprint density at radius 3 is 2.17 bits per heavy atom. The third kappa shape index (κ3) is 3.53. The Morgan fingerprint density at radius 1 is 0.967 bits per heavy atom. The highest BCUT2D eigenvalue weighted by Gasteiger charge is 2.36. The number of hydrogen-bond acceptors (Lipinski definition) is 4. The molecule has 1 aliphatic rings. The zero-order chi connectivity index (χ0) is 21.3. The molecular weight excluding hydrogens is 404 g/mol. The molecule has 7 heteroatoms. The lowest BCUT2D eigenvalue weighted by Crippen LogP contribution is -2.29. The van der Waals surface area contributed by atoms with Gasteiger partial charge in [-0.2, -0.15) is 0 Å². The summed E-state index contributed by atoms with van der Waals surface area (Å²) in [6.45, 7) is 2.43. The first kappa shape index (κ1) is 19.7. The number of imide groups is 1. The molecule has 0 saturated heterocycles. The molecule has 4 rings (SSSR count). The molecule has 0 saturated carbocycles. The second kappa shape index (κ2) is 8.00. The van der Waals surface area contributed by atoms with Crippen LogP contribution in [0.5, 0.6) is 5.75 Å². The van der Waals surface area contributed by atoms with Crippen LogP contribution < -0.4 is 15.0 Å². The van der Waals surface area contributed by atoms with Crippen molar-refractivity contribution in [2.24, 2.45) is 0 Å². The van der Waals surface area contributed by atoms with Crippen molar-refractivity contribution in [2.45, 2.75) is 6.92 Å². The maximum atomic E-state index is 12.6. The minimum atomic E-state index is -0.405. The Bertz CT molecular complexity index is 1120. The van der Waals surface area contributed by atoms with E-state index in [1.165, 1.54) is 6.07 Å². The number of anilines is 2. The van der Waals surface area contributed by atoms with Crippen molar-refractivity contribution >= 4 is 40.7 Å². The van der Waals surface area contributed by atoms with Crippen molar-refractivity contribution in [1.29, 1.82) is 0 Å². The van der Waals surface area contributed by atoms with Crippen LogP contribution in [0, 0.1) is 0 Å². The summed E-state index contributed by atoms with van der Waals surface area (Å²) >= 11 is 6.33. The number of nitrogens with one attached hydrogen (secondary N) is 1. The zero-order valence-electron chi connectivity index (χ0n) is 16.0. The van der Waals surface area contributed by atoms with Crippen molar-refractivity contribution in [3.8, 4) is 5.75 Å². The molecule has 150 valence electrons. The van der Waals surface area contributed by atoms with E-state index in [2.05, 4.69) is 5.32 Å². The van der Waals surface area contributed by atoms with Crippen LogP contribution in [-0.2, 0) is 0 Å². The molecule has 3 aromatic rings. The molecular formula is C23H17ClN2O4. The third-order valence-electron chi connectivity index (χ3n) is 4.68. The molecule has 0 aromatic heterocycles. The summed E-state index contributed by atoms with van der Waals surface area (Å²) in [5, 5.41) is 2.95. The summed E-state index contributed by atoms with van der Waals surface area (Å²) in [5.41, 5.74) is 1.86. The fourth-order valence-corrected chi connectivity index (χ4v) is 3.45. The molecule has 0 atom stereocenters. The van der Waals surface area contributed by atoms with Crippen LogP contribution in [0.25, 0.3) is 0 Å². The SMILES string of the molecule is CCOc1ccc(C(=O)Nc2ccc(N3C(=O)c4ccccc4C3=O)cc2Cl)cc1. The molecule has 0 fully saturated rings. The molecule has 0 aliphatic carbocycles. The Morgan fingerprint density at radius 2 is 1.60 bits per heavy atom. The molecule has 0 radical (unpaired) electrons. The number of hydrogen-bond donors (Lipinski definition) is 1. The highest BCUT2D eigenvalue weighted by molar-refractivity contribution is 6.37. The van der Waals surface area contributed by atoms with Gasteiger partial charge in [0.2, 0.25) is 0 Å². The largest absolute Gasteiger partial charge is 0.494 e. The van der Waals surface area contributed by atoms with E-state index in [1.54, 1.807) is 60.7 Å². The number of ether oxygens (including phenoxy) is 1. The van der Waals surface area contributed by atoms with Crippen molar-refractivity contribution in [3.05, 3.63) is 88.4 Å². The van der Waals surface area contributed by atoms with Gasteiger partial charge in [0.15, 0.2) is 0 Å². The molecule has 3 amide bonds. The monoisotopic (exact) mass is 420 g/mol. The first-order valence-electron chi connectivity index (χ1n) is 9.31. The summed E-state index contributed by atoms with van der Waals surface area (Å²) in [6.07, 6.45) is 0. The van der Waals surface area contributed by atoms with Gasteiger partial charge < -0.3 is 10.1 Å². The van der Waals surface area contributed by atoms with Gasteiger partial charge in [0.25, 0.3) is 17.7 Å². The van der Waals surface area contributed by atoms with E-state index in [9.17, 15) is 14.4 Å². The van der Waals surface area contributed by atoms with Crippen LogP contribution in [0.15, 0.2) is 66.7 Å². The van der Waals surface area contributed by atoms with Gasteiger partial charge in [-0.25, -0.2) is 4.90 Å². The highest BCUT2D eigenvalue weighted by atomic mass is 35.5. The number of fused-ring (bicyclic) bond motifs is 1. The summed E-state index contributed by atoms with van der Waals surface area (Å²) in [4.78, 5) is 38.8. The molecule has 1 heterocycles. The smallest absolute Gasteiger partial charge is 0.266 e. The van der Waals surface area contributed by atoms with Gasteiger partial charge >= 0.3 is 0 Å². The lowest BCUT2D eigenvalue weighted by atomic mass is 10.1. The first-order valence-corrected chi connectivity index (χ1v) is 9.69. The van der Waals surface area contributed by atoms with Crippen molar-refractivity contribution in [1.82, 2.24) is 0 Å². The predicted molar refractivity (Wildman–Crippen MR) is 115 cm³/mol. The zero-order valence-corrected chi connectivity index (χ0v) is 16.8. The fraction of sp³-hybridized carbons (Fsp3) is 0.0870. The summed E-state index contributed by atoms with van der Waals surface area (Å²) in [6, 6.07) is 18.0. The molecule has 1 aliphatic heterocycles. The second-order valence-corrected chi connectivity index (χ2v) is 6.97. The topological polar surface area (TPSA) is 75.7 Å². The molecule has 0 unspecified atom stereocenters. The van der Waals surface area contributed by atoms with E-state index in [0.29, 0.717) is 40.4 Å². The van der Waals surface area contributed by atoms with Gasteiger partial charge in [-0.05, 0) is 61.5 Å². The van der Waals surface area contributed by atoms with Gasteiger partial charge in [0, 0.05) is 5.56 Å². The Kier molecular flexibility index (Phi) is 5.25. The maximum absolute atomic E-state index is 12.6. The van der Waals surface area contributed by atoms with Crippen molar-refractivity contribution in [2.75, 3.05) is 16.8 Å². The minimum Gasteiger partial charge on any atom is -0.494 e. The standard InChI is InChI=1S/C23H17ClN2O4/c1-2-30-16-10-7-14(8-11-16)21(27)25-20-12-9-15(13-19(20)24)26-22(28)17-5-3-4-6-18(17)23(26)29/h3-13H,2H2,1H3,(H,25,27). The third-order valence-corrected chi connectivity index (χ3v) is 4.99. The van der Waals surface area contributed by atoms with Gasteiger partial charge in [-0.15, -0.1) is 0 Å². The predicted octanol–water partition coefficient (Wildman–Crippen LogP) is 4.79. The Labute approximate surface area is 178 Å². The van der Waals surface area contributed by atoms with E-state index < -0.39 is 11.8 Å². The van der Waals surface area contributed by atoms with Crippen LogP contribution in [0.4, 0.5) is 11.4 Å². The first-order chi connectivity index (χ1) is 14.5. The van der Waals surface area contributed by atoms with Crippen LogP contribution in [0.2, 0.25) is 5.02 Å². The van der Waals surface area contributed by atoms with Gasteiger partial charge in [-0.1, -0.05) is 23.7 Å². The number of nitrogens with zero attached hydrogens (tertiary/aromatic N) is 1. The normalized spacial score (nSPS) is 12.7. The van der Waals surface area contributed by atoms with E-state index in [4.69, 9.17) is 16.3 Å². The van der Waals surface area contributed by atoms with E-state index in [0.717, 1.165) is 4.90 Å². The molecule has 0 spiro atoms. The summed E-state index contributed by atoms with van der Waals surface area (Å²) in [5.74, 6) is -0.471. The van der Waals surface area contributed by atoms with Crippen molar-refractivity contribution < 1.29 is 19.1 Å². The van der Waals surface area contributed by atoms with Crippen molar-refractivity contribution in [3.63, 3.8) is 0 Å². The fourth-order valence-electron chi connectivity index (χ4n) is 3.23. The van der Waals surface area contributed by atoms with E-state index in [-0.39, 0.29) is 10.9 Å². The quantitative estimate of drug-likeness (QED) is 0.602. The average molecular weight is 421 g/mol. The number of rotatable bonds is 5. The lowest BCUT2D eigenvalue weighted by Gasteiger charge is -2.16. The molecule has 0 bridgehead atoms. The molecule has 30 heavy (non-hydrogen) atoms. The van der Waals surface area contributed by atoms with Crippen LogP contribution >= 0.6 is 11.6 Å². The molecule has 1 N–H and O–H groups in total.